The minimum absolute atomic E-state index is 0.243. The minimum Gasteiger partial charge on any atom is -0.468 e. The van der Waals surface area contributed by atoms with E-state index in [9.17, 15) is 4.79 Å². The van der Waals surface area contributed by atoms with Crippen molar-refractivity contribution in [3.63, 3.8) is 0 Å². The third-order valence-corrected chi connectivity index (χ3v) is 2.78. The van der Waals surface area contributed by atoms with Gasteiger partial charge in [0.25, 0.3) is 0 Å². The zero-order valence-corrected chi connectivity index (χ0v) is 9.99. The first-order chi connectivity index (χ1) is 8.20. The van der Waals surface area contributed by atoms with Crippen molar-refractivity contribution in [3.05, 3.63) is 36.0 Å². The highest BCUT2D eigenvalue weighted by Crippen LogP contribution is 2.14. The van der Waals surface area contributed by atoms with Gasteiger partial charge in [-0.3, -0.25) is 4.79 Å². The number of benzene rings is 1. The number of H-pyrrole nitrogens is 1. The van der Waals surface area contributed by atoms with Crippen LogP contribution in [0.5, 0.6) is 0 Å². The summed E-state index contributed by atoms with van der Waals surface area (Å²) in [6.07, 6.45) is 1.92. The van der Waals surface area contributed by atoms with E-state index in [-0.39, 0.29) is 12.0 Å². The summed E-state index contributed by atoms with van der Waals surface area (Å²) in [6, 6.07) is 7.91. The number of nitrogens with one attached hydrogen (secondary N) is 2. The molecule has 0 fully saturated rings. The Balaban J connectivity index is 2.01. The van der Waals surface area contributed by atoms with Gasteiger partial charge in [-0.1, -0.05) is 6.07 Å². The molecular weight excluding hydrogens is 216 g/mol. The Morgan fingerprint density at radius 1 is 1.47 bits per heavy atom. The first kappa shape index (κ1) is 11.7. The highest BCUT2D eigenvalue weighted by Gasteiger charge is 2.11. The Morgan fingerprint density at radius 2 is 2.29 bits per heavy atom. The molecule has 0 unspecified atom stereocenters. The maximum atomic E-state index is 11.2. The van der Waals surface area contributed by atoms with Crippen molar-refractivity contribution in [1.82, 2.24) is 10.3 Å². The molecule has 4 nitrogen and oxygen atoms in total. The summed E-state index contributed by atoms with van der Waals surface area (Å²) in [7, 11) is 1.40. The first-order valence-corrected chi connectivity index (χ1v) is 5.58. The quantitative estimate of drug-likeness (QED) is 0.791. The number of aromatic nitrogens is 1. The van der Waals surface area contributed by atoms with Gasteiger partial charge in [0.1, 0.15) is 6.04 Å². The van der Waals surface area contributed by atoms with Crippen LogP contribution in [0.2, 0.25) is 0 Å². The van der Waals surface area contributed by atoms with Gasteiger partial charge in [-0.05, 0) is 36.1 Å². The number of carbonyl (C=O) groups excluding carboxylic acids is 1. The van der Waals surface area contributed by atoms with Crippen LogP contribution < -0.4 is 5.32 Å². The molecule has 2 aromatic rings. The van der Waals surface area contributed by atoms with E-state index in [1.165, 1.54) is 12.5 Å². The van der Waals surface area contributed by atoms with E-state index >= 15 is 0 Å². The number of aromatic amines is 1. The summed E-state index contributed by atoms with van der Waals surface area (Å²) in [4.78, 5) is 14.4. The zero-order valence-electron chi connectivity index (χ0n) is 9.99. The van der Waals surface area contributed by atoms with E-state index in [4.69, 9.17) is 0 Å². The normalized spacial score (nSPS) is 12.6. The van der Waals surface area contributed by atoms with Crippen LogP contribution in [0.4, 0.5) is 0 Å². The summed E-state index contributed by atoms with van der Waals surface area (Å²) in [5.74, 6) is -0.243. The van der Waals surface area contributed by atoms with Crippen molar-refractivity contribution >= 4 is 16.9 Å². The molecule has 1 heterocycles. The summed E-state index contributed by atoms with van der Waals surface area (Å²) >= 11 is 0. The van der Waals surface area contributed by atoms with Gasteiger partial charge in [-0.2, -0.15) is 0 Å². The first-order valence-electron chi connectivity index (χ1n) is 5.58. The Kier molecular flexibility index (Phi) is 3.44. The number of methoxy groups -OCH3 is 1. The molecule has 0 bridgehead atoms. The zero-order chi connectivity index (χ0) is 12.3. The van der Waals surface area contributed by atoms with Crippen LogP contribution in [0.25, 0.3) is 10.9 Å². The second-order valence-corrected chi connectivity index (χ2v) is 4.03. The molecule has 0 amide bonds. The summed E-state index contributed by atoms with van der Waals surface area (Å²) in [6.45, 7) is 2.44. The number of hydrogen-bond acceptors (Lipinski definition) is 3. The lowest BCUT2D eigenvalue weighted by molar-refractivity contribution is -0.142. The molecule has 1 aromatic heterocycles. The van der Waals surface area contributed by atoms with Gasteiger partial charge in [-0.25, -0.2) is 0 Å². The highest BCUT2D eigenvalue weighted by molar-refractivity contribution is 5.80. The monoisotopic (exact) mass is 232 g/mol. The van der Waals surface area contributed by atoms with E-state index in [0.29, 0.717) is 6.54 Å². The van der Waals surface area contributed by atoms with Gasteiger partial charge in [0.05, 0.1) is 7.11 Å². The lowest BCUT2D eigenvalue weighted by atomic mass is 10.1. The maximum absolute atomic E-state index is 11.2. The molecule has 0 aliphatic rings. The fourth-order valence-electron chi connectivity index (χ4n) is 1.74. The lowest BCUT2D eigenvalue weighted by Gasteiger charge is -2.11. The van der Waals surface area contributed by atoms with Crippen molar-refractivity contribution in [2.24, 2.45) is 0 Å². The third-order valence-electron chi connectivity index (χ3n) is 2.78. The van der Waals surface area contributed by atoms with E-state index in [1.54, 1.807) is 6.92 Å². The molecule has 2 N–H and O–H groups in total. The van der Waals surface area contributed by atoms with Crippen molar-refractivity contribution in [2.75, 3.05) is 7.11 Å². The Labute approximate surface area is 100.0 Å². The largest absolute Gasteiger partial charge is 0.468 e. The molecule has 90 valence electrons. The lowest BCUT2D eigenvalue weighted by Crippen LogP contribution is -2.34. The van der Waals surface area contributed by atoms with Crippen LogP contribution in [0.1, 0.15) is 12.5 Å². The predicted molar refractivity (Wildman–Crippen MR) is 66.6 cm³/mol. The number of hydrogen-bond donors (Lipinski definition) is 2. The van der Waals surface area contributed by atoms with E-state index < -0.39 is 0 Å². The van der Waals surface area contributed by atoms with Gasteiger partial charge in [0.2, 0.25) is 0 Å². The number of rotatable bonds is 4. The van der Waals surface area contributed by atoms with E-state index in [1.807, 2.05) is 24.4 Å². The topological polar surface area (TPSA) is 54.1 Å². The highest BCUT2D eigenvalue weighted by atomic mass is 16.5. The molecular formula is C13H16N2O2. The van der Waals surface area contributed by atoms with Gasteiger partial charge < -0.3 is 15.0 Å². The van der Waals surface area contributed by atoms with Crippen LogP contribution >= 0.6 is 0 Å². The second-order valence-electron chi connectivity index (χ2n) is 4.03. The van der Waals surface area contributed by atoms with Crippen LogP contribution in [0, 0.1) is 0 Å². The molecule has 0 spiro atoms. The van der Waals surface area contributed by atoms with Gasteiger partial charge in [-0.15, -0.1) is 0 Å². The minimum atomic E-state index is -0.290. The van der Waals surface area contributed by atoms with Crippen LogP contribution in [0.15, 0.2) is 30.5 Å². The van der Waals surface area contributed by atoms with E-state index in [2.05, 4.69) is 21.1 Å². The smallest absolute Gasteiger partial charge is 0.322 e. The second kappa shape index (κ2) is 5.01. The number of esters is 1. The third kappa shape index (κ3) is 2.65. The van der Waals surface area contributed by atoms with E-state index in [0.717, 1.165) is 11.1 Å². The average Bonchev–Trinajstić information content (AvgIpc) is 2.82. The number of carbonyl (C=O) groups is 1. The van der Waals surface area contributed by atoms with Crippen molar-refractivity contribution in [1.29, 1.82) is 0 Å². The molecule has 4 heteroatoms. The molecule has 1 aromatic carbocycles. The standard InChI is InChI=1S/C13H16N2O2/c1-9(13(16)17-2)15-8-10-3-4-12-11(7-10)5-6-14-12/h3-7,9,14-15H,8H2,1-2H3/t9-/m0/s1. The van der Waals surface area contributed by atoms with Crippen molar-refractivity contribution in [2.45, 2.75) is 19.5 Å². The maximum Gasteiger partial charge on any atom is 0.322 e. The molecule has 17 heavy (non-hydrogen) atoms. The molecule has 0 saturated heterocycles. The Hall–Kier alpha value is -1.81. The fraction of sp³-hybridized carbons (Fsp3) is 0.308. The van der Waals surface area contributed by atoms with Gasteiger partial charge in [0, 0.05) is 18.3 Å². The van der Waals surface area contributed by atoms with Crippen LogP contribution in [-0.2, 0) is 16.1 Å². The van der Waals surface area contributed by atoms with Gasteiger partial charge >= 0.3 is 5.97 Å². The van der Waals surface area contributed by atoms with Crippen molar-refractivity contribution in [3.8, 4) is 0 Å². The summed E-state index contributed by atoms with van der Waals surface area (Å²) < 4.78 is 4.65. The Morgan fingerprint density at radius 3 is 3.06 bits per heavy atom. The molecule has 1 atom stereocenters. The molecule has 2 rings (SSSR count). The average molecular weight is 232 g/mol. The van der Waals surface area contributed by atoms with Crippen LogP contribution in [-0.4, -0.2) is 24.1 Å². The van der Waals surface area contributed by atoms with Gasteiger partial charge in [0.15, 0.2) is 0 Å². The predicted octanol–water partition coefficient (Wildman–Crippen LogP) is 1.82. The molecule has 0 aliphatic carbocycles. The summed E-state index contributed by atoms with van der Waals surface area (Å²) in [5, 5.41) is 4.30. The van der Waals surface area contributed by atoms with Crippen LogP contribution in [0.3, 0.4) is 0 Å². The number of fused-ring (bicyclic) bond motifs is 1. The summed E-state index contributed by atoms with van der Waals surface area (Å²) in [5.41, 5.74) is 2.27. The molecule has 0 saturated carbocycles. The molecule has 0 aliphatic heterocycles. The van der Waals surface area contributed by atoms with Crippen molar-refractivity contribution < 1.29 is 9.53 Å². The Bertz CT molecular complexity index is 519. The fourth-order valence-corrected chi connectivity index (χ4v) is 1.74. The molecule has 0 radical (unpaired) electrons. The number of ether oxygens (including phenoxy) is 1. The SMILES string of the molecule is COC(=O)[C@H](C)NCc1ccc2[nH]ccc2c1.